The summed E-state index contributed by atoms with van der Waals surface area (Å²) < 4.78 is 0. The molecular formula is C24H37N3O. The Morgan fingerprint density at radius 3 is 2.50 bits per heavy atom. The van der Waals surface area contributed by atoms with Gasteiger partial charge >= 0.3 is 0 Å². The Balaban J connectivity index is 1.73. The number of rotatable bonds is 7. The lowest BCUT2D eigenvalue weighted by Gasteiger charge is -2.56. The lowest BCUT2D eigenvalue weighted by molar-refractivity contribution is -0.135. The number of hydrogen-bond donors (Lipinski definition) is 2. The van der Waals surface area contributed by atoms with Crippen LogP contribution in [-0.2, 0) is 11.2 Å². The van der Waals surface area contributed by atoms with Crippen LogP contribution in [0.4, 0.5) is 0 Å². The Morgan fingerprint density at radius 2 is 1.89 bits per heavy atom. The summed E-state index contributed by atoms with van der Waals surface area (Å²) in [5.41, 5.74) is 6.97. The highest BCUT2D eigenvalue weighted by molar-refractivity contribution is 5.86. The molecule has 6 unspecified atom stereocenters. The highest BCUT2D eigenvalue weighted by Crippen LogP contribution is 2.56. The van der Waals surface area contributed by atoms with E-state index in [1.165, 1.54) is 5.56 Å². The molecule has 1 aromatic carbocycles. The molecule has 4 aliphatic rings. The van der Waals surface area contributed by atoms with E-state index in [-0.39, 0.29) is 5.91 Å². The molecule has 4 nitrogen and oxygen atoms in total. The molecule has 0 radical (unpaired) electrons. The van der Waals surface area contributed by atoms with Crippen molar-refractivity contribution in [2.24, 2.45) is 35.3 Å². The number of primary amides is 1. The van der Waals surface area contributed by atoms with Crippen molar-refractivity contribution < 1.29 is 4.79 Å². The Labute approximate surface area is 170 Å². The maximum atomic E-state index is 12.8. The van der Waals surface area contributed by atoms with Gasteiger partial charge in [-0.3, -0.25) is 9.69 Å². The summed E-state index contributed by atoms with van der Waals surface area (Å²) in [6.07, 6.45) is 3.05. The quantitative estimate of drug-likeness (QED) is 0.761. The second-order valence-electron chi connectivity index (χ2n) is 10.3. The lowest BCUT2D eigenvalue weighted by atomic mass is 9.57. The van der Waals surface area contributed by atoms with E-state index in [1.54, 1.807) is 0 Å². The lowest BCUT2D eigenvalue weighted by Crippen LogP contribution is -2.73. The summed E-state index contributed by atoms with van der Waals surface area (Å²) in [6, 6.07) is 11.9. The monoisotopic (exact) mass is 383 g/mol. The van der Waals surface area contributed by atoms with Gasteiger partial charge in [-0.25, -0.2) is 0 Å². The fraction of sp³-hybridized carbons (Fsp3) is 0.708. The van der Waals surface area contributed by atoms with E-state index >= 15 is 0 Å². The van der Waals surface area contributed by atoms with Crippen LogP contribution in [0.3, 0.4) is 0 Å². The summed E-state index contributed by atoms with van der Waals surface area (Å²) in [5.74, 6) is 2.57. The smallest absolute Gasteiger partial charge is 0.238 e. The van der Waals surface area contributed by atoms with Gasteiger partial charge in [-0.1, -0.05) is 58.0 Å². The third-order valence-corrected chi connectivity index (χ3v) is 7.58. The van der Waals surface area contributed by atoms with Crippen LogP contribution in [0, 0.1) is 29.6 Å². The van der Waals surface area contributed by atoms with Crippen LogP contribution < -0.4 is 11.1 Å². The van der Waals surface area contributed by atoms with Gasteiger partial charge in [0.2, 0.25) is 5.91 Å². The molecule has 1 saturated carbocycles. The van der Waals surface area contributed by atoms with Gasteiger partial charge in [0.1, 0.15) is 5.54 Å². The summed E-state index contributed by atoms with van der Waals surface area (Å²) >= 11 is 0. The van der Waals surface area contributed by atoms with E-state index in [2.05, 4.69) is 68.2 Å². The zero-order valence-corrected chi connectivity index (χ0v) is 17.9. The van der Waals surface area contributed by atoms with Crippen LogP contribution in [0.1, 0.15) is 46.1 Å². The van der Waals surface area contributed by atoms with Crippen molar-refractivity contribution >= 4 is 5.91 Å². The molecule has 4 bridgehead atoms. The number of nitrogens with one attached hydrogen (secondary N) is 1. The molecule has 6 atom stereocenters. The highest BCUT2D eigenvalue weighted by Gasteiger charge is 2.66. The zero-order chi connectivity index (χ0) is 20.1. The van der Waals surface area contributed by atoms with Gasteiger partial charge in [-0.15, -0.1) is 0 Å². The van der Waals surface area contributed by atoms with Crippen molar-refractivity contribution in [1.82, 2.24) is 10.2 Å². The predicted molar refractivity (Wildman–Crippen MR) is 114 cm³/mol. The van der Waals surface area contributed by atoms with E-state index in [0.717, 1.165) is 32.4 Å². The number of carbonyl (C=O) groups is 1. The van der Waals surface area contributed by atoms with Crippen LogP contribution in [-0.4, -0.2) is 41.5 Å². The normalized spacial score (nSPS) is 37.1. The van der Waals surface area contributed by atoms with E-state index in [1.807, 2.05) is 0 Å². The second kappa shape index (κ2) is 7.46. The Hall–Kier alpha value is -1.39. The Bertz CT molecular complexity index is 703. The minimum absolute atomic E-state index is 0.129. The molecule has 0 spiro atoms. The zero-order valence-electron chi connectivity index (χ0n) is 17.9. The van der Waals surface area contributed by atoms with Crippen LogP contribution in [0.5, 0.6) is 0 Å². The van der Waals surface area contributed by atoms with Crippen LogP contribution in [0.15, 0.2) is 30.3 Å². The molecule has 1 amide bonds. The standard InChI is InChI=1S/C24H37N3O/c1-15(2)10-20-22-19-13-26-24(20,23(25)28)12-18(19)21(27(22)14-16(3)4)11-17-8-6-5-7-9-17/h5-9,15-16,18-22,26H,10-14H2,1-4H3,(H2,25,28). The Morgan fingerprint density at radius 1 is 1.18 bits per heavy atom. The molecule has 3 aliphatic heterocycles. The molecule has 0 aromatic heterocycles. The molecule has 154 valence electrons. The molecular weight excluding hydrogens is 346 g/mol. The van der Waals surface area contributed by atoms with Crippen molar-refractivity contribution in [1.29, 1.82) is 0 Å². The van der Waals surface area contributed by atoms with Gasteiger partial charge in [0.15, 0.2) is 0 Å². The number of piperidine rings is 2. The third kappa shape index (κ3) is 3.19. The summed E-state index contributed by atoms with van der Waals surface area (Å²) in [6.45, 7) is 11.2. The van der Waals surface area contributed by atoms with Gasteiger partial charge in [-0.05, 0) is 48.5 Å². The summed E-state index contributed by atoms with van der Waals surface area (Å²) in [5, 5.41) is 3.64. The van der Waals surface area contributed by atoms with Crippen LogP contribution in [0.25, 0.3) is 0 Å². The van der Waals surface area contributed by atoms with E-state index in [9.17, 15) is 4.79 Å². The van der Waals surface area contributed by atoms with Gasteiger partial charge < -0.3 is 11.1 Å². The first kappa shape index (κ1) is 19.9. The van der Waals surface area contributed by atoms with Gasteiger partial charge in [0.05, 0.1) is 0 Å². The number of nitrogens with zero attached hydrogens (tertiary/aromatic N) is 1. The average Bonchev–Trinajstić information content (AvgIpc) is 2.88. The highest BCUT2D eigenvalue weighted by atomic mass is 16.1. The molecule has 5 rings (SSSR count). The number of fused-ring (bicyclic) bond motifs is 1. The van der Waals surface area contributed by atoms with Gasteiger partial charge in [0, 0.05) is 31.1 Å². The van der Waals surface area contributed by atoms with Crippen molar-refractivity contribution in [3.63, 3.8) is 0 Å². The molecule has 3 heterocycles. The molecule has 1 aliphatic carbocycles. The van der Waals surface area contributed by atoms with Crippen LogP contribution >= 0.6 is 0 Å². The first-order valence-electron chi connectivity index (χ1n) is 11.2. The summed E-state index contributed by atoms with van der Waals surface area (Å²) in [7, 11) is 0. The minimum atomic E-state index is -0.519. The maximum absolute atomic E-state index is 12.8. The fourth-order valence-corrected chi connectivity index (χ4v) is 6.68. The van der Waals surface area contributed by atoms with E-state index in [0.29, 0.717) is 41.7 Å². The van der Waals surface area contributed by atoms with Crippen LogP contribution in [0.2, 0.25) is 0 Å². The predicted octanol–water partition coefficient (Wildman–Crippen LogP) is 3.06. The van der Waals surface area contributed by atoms with E-state index < -0.39 is 5.54 Å². The molecule has 1 aromatic rings. The molecule has 4 fully saturated rings. The van der Waals surface area contributed by atoms with Gasteiger partial charge in [-0.2, -0.15) is 0 Å². The summed E-state index contributed by atoms with van der Waals surface area (Å²) in [4.78, 5) is 15.6. The number of nitrogens with two attached hydrogens (primary N) is 1. The van der Waals surface area contributed by atoms with E-state index in [4.69, 9.17) is 5.73 Å². The topological polar surface area (TPSA) is 58.4 Å². The fourth-order valence-electron chi connectivity index (χ4n) is 6.68. The second-order valence-corrected chi connectivity index (χ2v) is 10.3. The largest absolute Gasteiger partial charge is 0.368 e. The minimum Gasteiger partial charge on any atom is -0.368 e. The average molecular weight is 384 g/mol. The van der Waals surface area contributed by atoms with Crippen molar-refractivity contribution in [2.45, 2.75) is 64.6 Å². The number of carbonyl (C=O) groups excluding carboxylic acids is 1. The number of amides is 1. The maximum Gasteiger partial charge on any atom is 0.238 e. The molecule has 4 heteroatoms. The third-order valence-electron chi connectivity index (χ3n) is 7.58. The molecule has 3 N–H and O–H groups in total. The molecule has 28 heavy (non-hydrogen) atoms. The first-order chi connectivity index (χ1) is 13.3. The number of likely N-dealkylation sites (tertiary alicyclic amines) is 1. The molecule has 3 saturated heterocycles. The first-order valence-corrected chi connectivity index (χ1v) is 11.2. The Kier molecular flexibility index (Phi) is 5.30. The van der Waals surface area contributed by atoms with Crippen molar-refractivity contribution in [3.8, 4) is 0 Å². The number of hydrogen-bond acceptors (Lipinski definition) is 3. The van der Waals surface area contributed by atoms with Gasteiger partial charge in [0.25, 0.3) is 0 Å². The van der Waals surface area contributed by atoms with Crippen molar-refractivity contribution in [3.05, 3.63) is 35.9 Å². The number of benzene rings is 1. The SMILES string of the molecule is CC(C)CC1C2C3CNC1(C(N)=O)CC3C(Cc1ccccc1)N2CC(C)C. The van der Waals surface area contributed by atoms with Crippen molar-refractivity contribution in [2.75, 3.05) is 13.1 Å².